The number of hydrogen-bond donors (Lipinski definition) is 1. The fourth-order valence-corrected chi connectivity index (χ4v) is 2.04. The first-order valence-electron chi connectivity index (χ1n) is 6.15. The second-order valence-corrected chi connectivity index (χ2v) is 4.99. The number of hydrogen-bond acceptors (Lipinski definition) is 3. The van der Waals surface area contributed by atoms with Crippen LogP contribution in [0.1, 0.15) is 18.1 Å². The number of aromatic amines is 1. The van der Waals surface area contributed by atoms with E-state index in [1.54, 1.807) is 13.1 Å². The van der Waals surface area contributed by atoms with E-state index in [0.29, 0.717) is 6.42 Å². The molecular formula is C14H19N3O. The molecule has 0 aliphatic heterocycles. The first kappa shape index (κ1) is 12.8. The van der Waals surface area contributed by atoms with Gasteiger partial charge in [-0.2, -0.15) is 0 Å². The Morgan fingerprint density at radius 1 is 1.44 bits per heavy atom. The third-order valence-electron chi connectivity index (χ3n) is 2.95. The summed E-state index contributed by atoms with van der Waals surface area (Å²) in [5.74, 6) is 0.168. The van der Waals surface area contributed by atoms with Gasteiger partial charge in [-0.1, -0.05) is 0 Å². The minimum Gasteiger partial charge on any atom is -0.346 e. The Balaban J connectivity index is 2.28. The third-order valence-corrected chi connectivity index (χ3v) is 2.95. The van der Waals surface area contributed by atoms with Crippen LogP contribution >= 0.6 is 0 Å². The first-order chi connectivity index (χ1) is 8.56. The number of likely N-dealkylation sites (N-methyl/N-ethyl adjacent to an activating group) is 1. The predicted molar refractivity (Wildman–Crippen MR) is 72.7 cm³/mol. The van der Waals surface area contributed by atoms with Crippen molar-refractivity contribution in [1.29, 1.82) is 0 Å². The number of ketones is 1. The Kier molecular flexibility index (Phi) is 3.77. The normalized spacial score (nSPS) is 11.3. The van der Waals surface area contributed by atoms with Gasteiger partial charge >= 0.3 is 0 Å². The molecule has 2 aromatic rings. The van der Waals surface area contributed by atoms with Gasteiger partial charge in [-0.3, -0.25) is 4.79 Å². The molecule has 18 heavy (non-hydrogen) atoms. The molecule has 0 bridgehead atoms. The molecule has 0 aromatic carbocycles. The van der Waals surface area contributed by atoms with Gasteiger partial charge < -0.3 is 9.88 Å². The number of nitrogens with one attached hydrogen (secondary N) is 1. The van der Waals surface area contributed by atoms with E-state index in [1.165, 1.54) is 5.56 Å². The van der Waals surface area contributed by atoms with Crippen LogP contribution in [0.2, 0.25) is 0 Å². The smallest absolute Gasteiger partial charge is 0.137 e. The molecule has 0 unspecified atom stereocenters. The molecule has 96 valence electrons. The first-order valence-corrected chi connectivity index (χ1v) is 6.15. The van der Waals surface area contributed by atoms with Gasteiger partial charge in [0.05, 0.1) is 0 Å². The molecule has 2 heterocycles. The zero-order valence-corrected chi connectivity index (χ0v) is 11.2. The number of H-pyrrole nitrogens is 1. The summed E-state index contributed by atoms with van der Waals surface area (Å²) < 4.78 is 0. The maximum absolute atomic E-state index is 11.1. The molecule has 0 atom stereocenters. The van der Waals surface area contributed by atoms with Gasteiger partial charge in [0.15, 0.2) is 0 Å². The average molecular weight is 245 g/mol. The zero-order valence-electron chi connectivity index (χ0n) is 11.2. The molecule has 2 rings (SSSR count). The van der Waals surface area contributed by atoms with Crippen molar-refractivity contribution >= 4 is 16.8 Å². The summed E-state index contributed by atoms with van der Waals surface area (Å²) in [5, 5.41) is 1.13. The maximum atomic E-state index is 11.1. The Hall–Kier alpha value is -1.68. The van der Waals surface area contributed by atoms with Crippen LogP contribution in [0.15, 0.2) is 18.5 Å². The summed E-state index contributed by atoms with van der Waals surface area (Å²) in [6.07, 6.45) is 5.23. The lowest BCUT2D eigenvalue weighted by Gasteiger charge is -2.08. The van der Waals surface area contributed by atoms with Crippen LogP contribution in [0, 0.1) is 0 Å². The quantitative estimate of drug-likeness (QED) is 0.873. The van der Waals surface area contributed by atoms with E-state index in [1.807, 2.05) is 6.20 Å². The molecule has 0 aliphatic carbocycles. The van der Waals surface area contributed by atoms with E-state index < -0.39 is 0 Å². The lowest BCUT2D eigenvalue weighted by molar-refractivity contribution is -0.116. The number of aromatic nitrogens is 2. The Bertz CT molecular complexity index is 557. The highest BCUT2D eigenvalue weighted by atomic mass is 16.1. The van der Waals surface area contributed by atoms with Crippen molar-refractivity contribution in [2.45, 2.75) is 19.8 Å². The highest BCUT2D eigenvalue weighted by Crippen LogP contribution is 2.18. The van der Waals surface area contributed by atoms with Crippen molar-refractivity contribution in [3.8, 4) is 0 Å². The molecule has 4 heteroatoms. The largest absolute Gasteiger partial charge is 0.346 e. The number of carbonyl (C=O) groups is 1. The topological polar surface area (TPSA) is 49.0 Å². The molecule has 0 fully saturated rings. The molecular weight excluding hydrogens is 226 g/mol. The lowest BCUT2D eigenvalue weighted by atomic mass is 10.1. The molecule has 0 aliphatic rings. The van der Waals surface area contributed by atoms with Crippen molar-refractivity contribution in [3.63, 3.8) is 0 Å². The van der Waals surface area contributed by atoms with E-state index in [0.717, 1.165) is 29.6 Å². The Labute approximate surface area is 107 Å². The van der Waals surface area contributed by atoms with Gasteiger partial charge in [0.25, 0.3) is 0 Å². The van der Waals surface area contributed by atoms with Crippen LogP contribution in [-0.4, -0.2) is 41.3 Å². The van der Waals surface area contributed by atoms with E-state index in [9.17, 15) is 4.79 Å². The van der Waals surface area contributed by atoms with Crippen LogP contribution in [0.5, 0.6) is 0 Å². The minimum absolute atomic E-state index is 0.168. The van der Waals surface area contributed by atoms with Crippen molar-refractivity contribution in [1.82, 2.24) is 14.9 Å². The second kappa shape index (κ2) is 5.31. The van der Waals surface area contributed by atoms with Gasteiger partial charge in [-0.05, 0) is 44.6 Å². The number of nitrogens with zero attached hydrogens (tertiary/aromatic N) is 2. The van der Waals surface area contributed by atoms with Gasteiger partial charge in [0.1, 0.15) is 11.4 Å². The van der Waals surface area contributed by atoms with Crippen molar-refractivity contribution < 1.29 is 4.79 Å². The van der Waals surface area contributed by atoms with Gasteiger partial charge in [-0.15, -0.1) is 0 Å². The van der Waals surface area contributed by atoms with Crippen LogP contribution in [0.25, 0.3) is 11.0 Å². The predicted octanol–water partition coefficient (Wildman–Crippen LogP) is 1.80. The van der Waals surface area contributed by atoms with E-state index in [-0.39, 0.29) is 5.78 Å². The van der Waals surface area contributed by atoms with Crippen LogP contribution < -0.4 is 0 Å². The summed E-state index contributed by atoms with van der Waals surface area (Å²) in [4.78, 5) is 20.8. The van der Waals surface area contributed by atoms with Crippen LogP contribution in [-0.2, 0) is 17.6 Å². The summed E-state index contributed by atoms with van der Waals surface area (Å²) in [6.45, 7) is 2.61. The summed E-state index contributed by atoms with van der Waals surface area (Å²) >= 11 is 0. The van der Waals surface area contributed by atoms with Gasteiger partial charge in [-0.25, -0.2) is 4.98 Å². The van der Waals surface area contributed by atoms with E-state index >= 15 is 0 Å². The average Bonchev–Trinajstić information content (AvgIpc) is 2.68. The molecule has 0 radical (unpaired) electrons. The molecule has 0 saturated heterocycles. The van der Waals surface area contributed by atoms with Crippen molar-refractivity contribution in [2.24, 2.45) is 0 Å². The number of pyridine rings is 1. The summed E-state index contributed by atoms with van der Waals surface area (Å²) in [6, 6.07) is 2.07. The van der Waals surface area contributed by atoms with Crippen LogP contribution in [0.4, 0.5) is 0 Å². The summed E-state index contributed by atoms with van der Waals surface area (Å²) in [7, 11) is 4.13. The van der Waals surface area contributed by atoms with Crippen molar-refractivity contribution in [3.05, 3.63) is 29.6 Å². The van der Waals surface area contributed by atoms with E-state index in [4.69, 9.17) is 0 Å². The van der Waals surface area contributed by atoms with Gasteiger partial charge in [0.2, 0.25) is 0 Å². The minimum atomic E-state index is 0.168. The molecule has 2 aromatic heterocycles. The number of fused-ring (bicyclic) bond motifs is 1. The Morgan fingerprint density at radius 3 is 2.89 bits per heavy atom. The SMILES string of the molecule is CC(=O)Cc1cnc2[nH]cc(CCN(C)C)c2c1. The highest BCUT2D eigenvalue weighted by Gasteiger charge is 2.07. The van der Waals surface area contributed by atoms with Gasteiger partial charge in [0, 0.05) is 30.7 Å². The van der Waals surface area contributed by atoms with E-state index in [2.05, 4.69) is 35.0 Å². The summed E-state index contributed by atoms with van der Waals surface area (Å²) in [5.41, 5.74) is 3.15. The lowest BCUT2D eigenvalue weighted by Crippen LogP contribution is -2.14. The third kappa shape index (κ3) is 2.96. The monoisotopic (exact) mass is 245 g/mol. The number of rotatable bonds is 5. The number of carbonyl (C=O) groups excluding carboxylic acids is 1. The molecule has 1 N–H and O–H groups in total. The fraction of sp³-hybridized carbons (Fsp3) is 0.429. The molecule has 0 saturated carbocycles. The number of Topliss-reactive ketones (excluding diaryl/α,β-unsaturated/α-hetero) is 1. The second-order valence-electron chi connectivity index (χ2n) is 4.99. The van der Waals surface area contributed by atoms with Crippen molar-refractivity contribution in [2.75, 3.05) is 20.6 Å². The maximum Gasteiger partial charge on any atom is 0.137 e. The Morgan fingerprint density at radius 2 is 2.22 bits per heavy atom. The standard InChI is InChI=1S/C14H19N3O/c1-10(18)6-11-7-13-12(4-5-17(2)3)9-16-14(13)15-8-11/h7-9H,4-6H2,1-3H3,(H,15,16). The zero-order chi connectivity index (χ0) is 13.1. The molecule has 4 nitrogen and oxygen atoms in total. The molecule has 0 spiro atoms. The highest BCUT2D eigenvalue weighted by molar-refractivity contribution is 5.83. The molecule has 0 amide bonds. The van der Waals surface area contributed by atoms with Crippen LogP contribution in [0.3, 0.4) is 0 Å². The fourth-order valence-electron chi connectivity index (χ4n) is 2.04.